The summed E-state index contributed by atoms with van der Waals surface area (Å²) in [7, 11) is 1.41. The number of carbonyl (C=O) groups is 1. The Balaban J connectivity index is 2.00. The molecule has 132 valence electrons. The van der Waals surface area contributed by atoms with Crippen LogP contribution in [0.15, 0.2) is 42.5 Å². The Hall–Kier alpha value is -2.80. The maximum absolute atomic E-state index is 12.1. The maximum atomic E-state index is 12.1. The molecule has 1 unspecified atom stereocenters. The zero-order valence-electron chi connectivity index (χ0n) is 13.7. The van der Waals surface area contributed by atoms with Crippen molar-refractivity contribution in [3.63, 3.8) is 0 Å². The quantitative estimate of drug-likeness (QED) is 0.599. The second-order valence-corrected chi connectivity index (χ2v) is 5.66. The van der Waals surface area contributed by atoms with Crippen molar-refractivity contribution in [1.29, 1.82) is 0 Å². The topological polar surface area (TPSA) is 90.7 Å². The molecule has 2 aromatic carbocycles. The molecule has 1 N–H and O–H groups in total. The third-order valence-electron chi connectivity index (χ3n) is 3.44. The van der Waals surface area contributed by atoms with Crippen LogP contribution in [-0.2, 0) is 4.79 Å². The molecule has 8 heteroatoms. The fourth-order valence-electron chi connectivity index (χ4n) is 2.18. The number of halogens is 1. The molecule has 0 bridgehead atoms. The highest BCUT2D eigenvalue weighted by Crippen LogP contribution is 2.31. The molecule has 0 saturated carbocycles. The van der Waals surface area contributed by atoms with E-state index in [0.717, 1.165) is 5.56 Å². The lowest BCUT2D eigenvalue weighted by Crippen LogP contribution is -2.31. The van der Waals surface area contributed by atoms with Crippen molar-refractivity contribution in [3.8, 4) is 11.5 Å². The van der Waals surface area contributed by atoms with Gasteiger partial charge in [-0.05, 0) is 30.7 Å². The summed E-state index contributed by atoms with van der Waals surface area (Å²) >= 11 is 5.93. The average Bonchev–Trinajstić information content (AvgIpc) is 2.59. The van der Waals surface area contributed by atoms with Crippen LogP contribution in [-0.4, -0.2) is 24.5 Å². The van der Waals surface area contributed by atoms with Gasteiger partial charge in [-0.2, -0.15) is 0 Å². The number of methoxy groups -OCH3 is 1. The molecule has 0 aliphatic carbocycles. The van der Waals surface area contributed by atoms with Crippen molar-refractivity contribution >= 4 is 23.2 Å². The molecule has 0 aromatic heterocycles. The zero-order valence-corrected chi connectivity index (χ0v) is 14.4. The SMILES string of the molecule is COc1ccc([N+](=O)[O-])cc1OCC(=O)NC(C)c1cccc(Cl)c1. The van der Waals surface area contributed by atoms with E-state index in [4.69, 9.17) is 21.1 Å². The number of ether oxygens (including phenoxy) is 2. The predicted octanol–water partition coefficient (Wildman–Crippen LogP) is 3.51. The first-order chi connectivity index (χ1) is 11.9. The second-order valence-electron chi connectivity index (χ2n) is 5.23. The number of benzene rings is 2. The van der Waals surface area contributed by atoms with Gasteiger partial charge in [-0.1, -0.05) is 23.7 Å². The van der Waals surface area contributed by atoms with Crippen LogP contribution in [0, 0.1) is 10.1 Å². The standard InChI is InChI=1S/C17H17ClN2O5/c1-11(12-4-3-5-13(18)8-12)19-17(21)10-25-16-9-14(20(22)23)6-7-15(16)24-2/h3-9,11H,10H2,1-2H3,(H,19,21). The highest BCUT2D eigenvalue weighted by molar-refractivity contribution is 6.30. The van der Waals surface area contributed by atoms with Crippen LogP contribution in [0.1, 0.15) is 18.5 Å². The number of nitrogens with one attached hydrogen (secondary N) is 1. The Morgan fingerprint density at radius 2 is 2.04 bits per heavy atom. The molecule has 25 heavy (non-hydrogen) atoms. The molecule has 1 amide bonds. The molecule has 0 fully saturated rings. The fourth-order valence-corrected chi connectivity index (χ4v) is 2.38. The summed E-state index contributed by atoms with van der Waals surface area (Å²) < 4.78 is 10.5. The number of carbonyl (C=O) groups excluding carboxylic acids is 1. The summed E-state index contributed by atoms with van der Waals surface area (Å²) in [6.45, 7) is 1.51. The van der Waals surface area contributed by atoms with Crippen molar-refractivity contribution in [2.45, 2.75) is 13.0 Å². The number of nitro groups is 1. The third kappa shape index (κ3) is 5.09. The average molecular weight is 365 g/mol. The van der Waals surface area contributed by atoms with Crippen LogP contribution in [0.25, 0.3) is 0 Å². The summed E-state index contributed by atoms with van der Waals surface area (Å²) in [5.74, 6) is 0.0598. The lowest BCUT2D eigenvalue weighted by molar-refractivity contribution is -0.385. The highest BCUT2D eigenvalue weighted by atomic mass is 35.5. The first-order valence-corrected chi connectivity index (χ1v) is 7.78. The molecular weight excluding hydrogens is 348 g/mol. The van der Waals surface area contributed by atoms with Crippen molar-refractivity contribution < 1.29 is 19.2 Å². The molecule has 0 aliphatic heterocycles. The second kappa shape index (κ2) is 8.34. The van der Waals surface area contributed by atoms with E-state index in [2.05, 4.69) is 5.32 Å². The summed E-state index contributed by atoms with van der Waals surface area (Å²) in [4.78, 5) is 22.4. The Bertz CT molecular complexity index is 781. The number of non-ortho nitro benzene ring substituents is 1. The molecule has 0 aliphatic rings. The Morgan fingerprint density at radius 1 is 1.28 bits per heavy atom. The Morgan fingerprint density at radius 3 is 2.68 bits per heavy atom. The van der Waals surface area contributed by atoms with Crippen molar-refractivity contribution in [2.24, 2.45) is 0 Å². The molecule has 0 radical (unpaired) electrons. The minimum atomic E-state index is -0.548. The molecule has 1 atom stereocenters. The Kier molecular flexibility index (Phi) is 6.19. The van der Waals surface area contributed by atoms with Crippen molar-refractivity contribution in [3.05, 3.63) is 63.2 Å². The summed E-state index contributed by atoms with van der Waals surface area (Å²) in [6.07, 6.45) is 0. The van der Waals surface area contributed by atoms with E-state index in [-0.39, 0.29) is 30.0 Å². The van der Waals surface area contributed by atoms with Gasteiger partial charge in [0.15, 0.2) is 18.1 Å². The van der Waals surface area contributed by atoms with Gasteiger partial charge in [-0.25, -0.2) is 0 Å². The largest absolute Gasteiger partial charge is 0.493 e. The van der Waals surface area contributed by atoms with Gasteiger partial charge in [0.05, 0.1) is 24.1 Å². The van der Waals surface area contributed by atoms with Crippen LogP contribution < -0.4 is 14.8 Å². The van der Waals surface area contributed by atoms with Crippen LogP contribution in [0.4, 0.5) is 5.69 Å². The molecule has 2 rings (SSSR count). The van der Waals surface area contributed by atoms with E-state index < -0.39 is 4.92 Å². The smallest absolute Gasteiger partial charge is 0.273 e. The number of amides is 1. The molecule has 7 nitrogen and oxygen atoms in total. The van der Waals surface area contributed by atoms with Crippen molar-refractivity contribution in [1.82, 2.24) is 5.32 Å². The predicted molar refractivity (Wildman–Crippen MR) is 93.2 cm³/mol. The van der Waals surface area contributed by atoms with Gasteiger partial charge >= 0.3 is 0 Å². The van der Waals surface area contributed by atoms with Gasteiger partial charge in [0.2, 0.25) is 0 Å². The van der Waals surface area contributed by atoms with Crippen LogP contribution in [0.5, 0.6) is 11.5 Å². The number of nitro benzene ring substituents is 1. The zero-order chi connectivity index (χ0) is 18.4. The fraction of sp³-hybridized carbons (Fsp3) is 0.235. The summed E-state index contributed by atoms with van der Waals surface area (Å²) in [5, 5.41) is 14.2. The molecule has 0 saturated heterocycles. The van der Waals surface area contributed by atoms with Crippen LogP contribution in [0.3, 0.4) is 0 Å². The van der Waals surface area contributed by atoms with Gasteiger partial charge in [0, 0.05) is 11.1 Å². The van der Waals surface area contributed by atoms with Gasteiger partial charge in [-0.15, -0.1) is 0 Å². The lowest BCUT2D eigenvalue weighted by atomic mass is 10.1. The number of rotatable bonds is 7. The van der Waals surface area contributed by atoms with E-state index in [1.165, 1.54) is 25.3 Å². The minimum Gasteiger partial charge on any atom is -0.493 e. The molecule has 0 spiro atoms. The van der Waals surface area contributed by atoms with E-state index in [0.29, 0.717) is 10.8 Å². The van der Waals surface area contributed by atoms with E-state index in [9.17, 15) is 14.9 Å². The summed E-state index contributed by atoms with van der Waals surface area (Å²) in [5.41, 5.74) is 0.706. The van der Waals surface area contributed by atoms with E-state index >= 15 is 0 Å². The van der Waals surface area contributed by atoms with E-state index in [1.54, 1.807) is 18.2 Å². The molecule has 2 aromatic rings. The Labute approximate surface area is 149 Å². The highest BCUT2D eigenvalue weighted by Gasteiger charge is 2.15. The number of hydrogen-bond acceptors (Lipinski definition) is 5. The first-order valence-electron chi connectivity index (χ1n) is 7.40. The number of nitrogens with zero attached hydrogens (tertiary/aromatic N) is 1. The summed E-state index contributed by atoms with van der Waals surface area (Å²) in [6, 6.07) is 10.8. The number of hydrogen-bond donors (Lipinski definition) is 1. The maximum Gasteiger partial charge on any atom is 0.273 e. The van der Waals surface area contributed by atoms with Gasteiger partial charge in [-0.3, -0.25) is 14.9 Å². The monoisotopic (exact) mass is 364 g/mol. The van der Waals surface area contributed by atoms with Gasteiger partial charge in [0.25, 0.3) is 11.6 Å². The molecular formula is C17H17ClN2O5. The van der Waals surface area contributed by atoms with E-state index in [1.807, 2.05) is 13.0 Å². The van der Waals surface area contributed by atoms with Gasteiger partial charge < -0.3 is 14.8 Å². The normalized spacial score (nSPS) is 11.5. The van der Waals surface area contributed by atoms with Crippen LogP contribution in [0.2, 0.25) is 5.02 Å². The van der Waals surface area contributed by atoms with Gasteiger partial charge in [0.1, 0.15) is 0 Å². The molecule has 0 heterocycles. The van der Waals surface area contributed by atoms with Crippen molar-refractivity contribution in [2.75, 3.05) is 13.7 Å². The minimum absolute atomic E-state index is 0.127. The lowest BCUT2D eigenvalue weighted by Gasteiger charge is -2.15. The third-order valence-corrected chi connectivity index (χ3v) is 3.68. The first kappa shape index (κ1) is 18.5. The van der Waals surface area contributed by atoms with Crippen LogP contribution >= 0.6 is 11.6 Å².